The molecular formula is C108H70N4. The molecule has 0 radical (unpaired) electrons. The summed E-state index contributed by atoms with van der Waals surface area (Å²) >= 11 is 0. The molecule has 0 bridgehead atoms. The topological polar surface area (TPSA) is 41.4 Å². The van der Waals surface area contributed by atoms with Gasteiger partial charge in [0.1, 0.15) is 0 Å². The fraction of sp³-hybridized carbons (Fsp3) is 0.0370. The summed E-state index contributed by atoms with van der Waals surface area (Å²) in [5, 5.41) is 29.8. The molecule has 0 saturated carbocycles. The van der Waals surface area contributed by atoms with E-state index in [1.165, 1.54) is 224 Å². The first-order valence-corrected chi connectivity index (χ1v) is 39.3. The molecule has 4 aromatic heterocycles. The molecule has 522 valence electrons. The van der Waals surface area contributed by atoms with Gasteiger partial charge in [0.05, 0.1) is 0 Å². The van der Waals surface area contributed by atoms with Crippen molar-refractivity contribution in [2.24, 2.45) is 0 Å². The first-order chi connectivity index (χ1) is 55.4. The molecule has 0 fully saturated rings. The highest BCUT2D eigenvalue weighted by molar-refractivity contribution is 6.26. The van der Waals surface area contributed by atoms with E-state index in [9.17, 15) is 0 Å². The second-order valence-corrected chi connectivity index (χ2v) is 30.9. The number of aromatic nitrogens is 4. The van der Waals surface area contributed by atoms with Gasteiger partial charge in [0, 0.05) is 100 Å². The van der Waals surface area contributed by atoms with Gasteiger partial charge in [-0.2, -0.15) is 0 Å². The molecule has 0 aliphatic carbocycles. The lowest BCUT2D eigenvalue weighted by atomic mass is 9.85. The van der Waals surface area contributed by atoms with E-state index in [0.717, 1.165) is 41.6 Å². The highest BCUT2D eigenvalue weighted by atomic mass is 15.0. The molecule has 2 N–H and O–H groups in total. The normalized spacial score (nSPS) is 12.3. The quantitative estimate of drug-likeness (QED) is 0.128. The molecule has 0 spiro atoms. The average molecular weight is 1420 g/mol. The Morgan fingerprint density at radius 1 is 0.214 bits per heavy atom. The van der Waals surface area contributed by atoms with E-state index in [2.05, 4.69) is 384 Å². The zero-order chi connectivity index (χ0) is 73.4. The van der Waals surface area contributed by atoms with Gasteiger partial charge < -0.3 is 19.1 Å². The Morgan fingerprint density at radius 2 is 0.571 bits per heavy atom. The van der Waals surface area contributed by atoms with Crippen molar-refractivity contribution in [3.63, 3.8) is 0 Å². The number of hydrogen-bond donors (Lipinski definition) is 2. The fourth-order valence-corrected chi connectivity index (χ4v) is 19.9. The van der Waals surface area contributed by atoms with Crippen LogP contribution >= 0.6 is 0 Å². The maximum Gasteiger partial charge on any atom is 0.0497 e. The number of H-pyrrole nitrogens is 2. The van der Waals surface area contributed by atoms with Crippen LogP contribution in [0.3, 0.4) is 0 Å². The Hall–Kier alpha value is -14.3. The predicted octanol–water partition coefficient (Wildman–Crippen LogP) is 29.7. The van der Waals surface area contributed by atoms with E-state index in [0.29, 0.717) is 0 Å². The van der Waals surface area contributed by atoms with Crippen molar-refractivity contribution in [1.29, 1.82) is 0 Å². The molecule has 0 aliphatic heterocycles. The Balaban J connectivity index is 0.638. The molecule has 0 unspecified atom stereocenters. The number of fused-ring (bicyclic) bond motifs is 20. The van der Waals surface area contributed by atoms with E-state index in [-0.39, 0.29) is 0 Å². The lowest BCUT2D eigenvalue weighted by molar-refractivity contribution is 0.745. The van der Waals surface area contributed by atoms with Crippen LogP contribution in [-0.2, 0) is 19.5 Å². The maximum atomic E-state index is 3.86. The van der Waals surface area contributed by atoms with Gasteiger partial charge in [-0.25, -0.2) is 0 Å². The number of benzene rings is 20. The van der Waals surface area contributed by atoms with E-state index in [4.69, 9.17) is 0 Å². The van der Waals surface area contributed by atoms with Gasteiger partial charge >= 0.3 is 0 Å². The SMILES string of the molecule is CCn1c2ccccc2c2c(-c3cccc4c(-c5ccc6cc7ccccc7cc6c5)c5cccc(-c6cccc7c6c6ccccc6n7CCc6ccc7[nH]c8ccc(-c9cccc%10c(-c%11ccc%12cc%13ccccc%13cc%12c%11)c%11cccc(-c%12ccc%13[nH]c%14ccccc%14c%13c%12)c%11cc9%10)cc8c7c6)c5cc34)cccc21. The van der Waals surface area contributed by atoms with Gasteiger partial charge in [-0.1, -0.05) is 243 Å². The smallest absolute Gasteiger partial charge is 0.0497 e. The number of rotatable bonds is 10. The molecule has 0 saturated heterocycles. The molecule has 0 atom stereocenters. The summed E-state index contributed by atoms with van der Waals surface area (Å²) in [6.45, 7) is 3.95. The monoisotopic (exact) mass is 1420 g/mol. The van der Waals surface area contributed by atoms with Gasteiger partial charge in [0.2, 0.25) is 0 Å². The minimum Gasteiger partial charge on any atom is -0.355 e. The zero-order valence-electron chi connectivity index (χ0n) is 61.6. The van der Waals surface area contributed by atoms with Crippen molar-refractivity contribution in [2.45, 2.75) is 26.4 Å². The third kappa shape index (κ3) is 9.49. The summed E-state index contributed by atoms with van der Waals surface area (Å²) in [6, 6.07) is 136. The lowest BCUT2D eigenvalue weighted by Crippen LogP contribution is -2.01. The Kier molecular flexibility index (Phi) is 13.6. The van der Waals surface area contributed by atoms with Crippen molar-refractivity contribution in [2.75, 3.05) is 0 Å². The molecule has 4 nitrogen and oxygen atoms in total. The van der Waals surface area contributed by atoms with Gasteiger partial charge in [0.15, 0.2) is 0 Å². The van der Waals surface area contributed by atoms with Crippen LogP contribution in [-0.4, -0.2) is 19.1 Å². The van der Waals surface area contributed by atoms with E-state index in [1.54, 1.807) is 0 Å². The zero-order valence-corrected chi connectivity index (χ0v) is 61.6. The minimum atomic E-state index is 0.801. The van der Waals surface area contributed by atoms with Crippen LogP contribution in [0.1, 0.15) is 12.5 Å². The first-order valence-electron chi connectivity index (χ1n) is 39.3. The summed E-state index contributed by atoms with van der Waals surface area (Å²) in [7, 11) is 0. The number of aromatic amines is 2. The lowest BCUT2D eigenvalue weighted by Gasteiger charge is -2.19. The summed E-state index contributed by atoms with van der Waals surface area (Å²) in [4.78, 5) is 7.54. The summed E-state index contributed by atoms with van der Waals surface area (Å²) < 4.78 is 5.07. The predicted molar refractivity (Wildman–Crippen MR) is 480 cm³/mol. The fourth-order valence-electron chi connectivity index (χ4n) is 19.9. The van der Waals surface area contributed by atoms with Crippen molar-refractivity contribution in [3.05, 3.63) is 363 Å². The number of hydrogen-bond acceptors (Lipinski definition) is 0. The Labute approximate surface area is 644 Å². The molecule has 4 heterocycles. The van der Waals surface area contributed by atoms with Crippen LogP contribution < -0.4 is 0 Å². The number of nitrogens with one attached hydrogen (secondary N) is 2. The summed E-state index contributed by atoms with van der Waals surface area (Å²) in [5.41, 5.74) is 25.5. The third-order valence-corrected chi connectivity index (χ3v) is 25.0. The number of aryl methyl sites for hydroxylation is 3. The van der Waals surface area contributed by atoms with Gasteiger partial charge in [-0.3, -0.25) is 0 Å². The minimum absolute atomic E-state index is 0.801. The molecular weight excluding hydrogens is 1350 g/mol. The standard InChI is InChI=1S/C108H70N4/c1-2-111-101-37-11-8-24-88(101)107-82(34-17-39-103(107)111)79-28-15-32-86-92(79)63-93-80(29-16-33-87(93)106(86)74-45-43-70-55-66-20-4-6-22-68(66)57-76(70)59-74)83-35-18-40-104-108(83)89-25-9-12-38-102(89)112(104)52-51-64-41-48-98-94(53-64)96-61-72(47-50-100(96)110-98)78-27-14-31-85-91(78)62-90-77(71-46-49-99-95(60-71)81-23-7-10-36-97(81)109-99)26-13-30-84(90)105(85)73-44-42-69-54-65-19-3-5-21-67(65)56-75(69)58-73/h3-50,53-63,109-110H,2,51-52H2,1H3. The van der Waals surface area contributed by atoms with Gasteiger partial charge in [-0.05, 0) is 287 Å². The van der Waals surface area contributed by atoms with E-state index >= 15 is 0 Å². The van der Waals surface area contributed by atoms with Crippen LogP contribution in [0.5, 0.6) is 0 Å². The van der Waals surface area contributed by atoms with Crippen LogP contribution in [0.15, 0.2) is 358 Å². The highest BCUT2D eigenvalue weighted by Gasteiger charge is 2.24. The van der Waals surface area contributed by atoms with Crippen molar-refractivity contribution in [3.8, 4) is 66.8 Å². The number of para-hydroxylation sites is 3. The second-order valence-electron chi connectivity index (χ2n) is 30.9. The summed E-state index contributed by atoms with van der Waals surface area (Å²) in [6.07, 6.45) is 0.845. The van der Waals surface area contributed by atoms with E-state index < -0.39 is 0 Å². The third-order valence-electron chi connectivity index (χ3n) is 25.0. The van der Waals surface area contributed by atoms with Crippen molar-refractivity contribution < 1.29 is 0 Å². The van der Waals surface area contributed by atoms with Crippen LogP contribution in [0.4, 0.5) is 0 Å². The molecule has 4 heteroatoms. The van der Waals surface area contributed by atoms with Crippen LogP contribution in [0.2, 0.25) is 0 Å². The maximum absolute atomic E-state index is 3.86. The van der Waals surface area contributed by atoms with Crippen LogP contribution in [0.25, 0.3) is 240 Å². The molecule has 24 rings (SSSR count). The molecule has 0 aliphatic rings. The first kappa shape index (κ1) is 62.7. The molecule has 24 aromatic rings. The molecule has 112 heavy (non-hydrogen) atoms. The Bertz CT molecular complexity index is 8190. The van der Waals surface area contributed by atoms with Crippen molar-refractivity contribution >= 4 is 173 Å². The van der Waals surface area contributed by atoms with Crippen molar-refractivity contribution in [1.82, 2.24) is 19.1 Å². The van der Waals surface area contributed by atoms with Gasteiger partial charge in [0.25, 0.3) is 0 Å². The second kappa shape index (κ2) is 24.3. The van der Waals surface area contributed by atoms with Crippen LogP contribution in [0, 0.1) is 0 Å². The average Bonchev–Trinajstić information content (AvgIpc) is 0.926. The number of nitrogens with zero attached hydrogens (tertiary/aromatic N) is 2. The summed E-state index contributed by atoms with van der Waals surface area (Å²) in [5.74, 6) is 0. The van der Waals surface area contributed by atoms with Gasteiger partial charge in [-0.15, -0.1) is 0 Å². The highest BCUT2D eigenvalue weighted by Crippen LogP contribution is 2.50. The molecule has 20 aromatic carbocycles. The Morgan fingerprint density at radius 3 is 1.09 bits per heavy atom. The largest absolute Gasteiger partial charge is 0.355 e. The molecule has 0 amide bonds. The van der Waals surface area contributed by atoms with E-state index in [1.807, 2.05) is 0 Å².